The number of hydrogen-bond donors (Lipinski definition) is 2. The summed E-state index contributed by atoms with van der Waals surface area (Å²) in [6.45, 7) is 3.82. The van der Waals surface area contributed by atoms with E-state index in [4.69, 9.17) is 5.11 Å². The number of aryl methyl sites for hydroxylation is 1. The van der Waals surface area contributed by atoms with Gasteiger partial charge in [-0.05, 0) is 32.4 Å². The Morgan fingerprint density at radius 1 is 1.73 bits per heavy atom. The molecule has 0 aromatic carbocycles. The summed E-state index contributed by atoms with van der Waals surface area (Å²) < 4.78 is 1.83. The van der Waals surface area contributed by atoms with Crippen LogP contribution in [-0.2, 0) is 0 Å². The van der Waals surface area contributed by atoms with E-state index >= 15 is 0 Å². The van der Waals surface area contributed by atoms with Crippen molar-refractivity contribution in [1.82, 2.24) is 15.1 Å². The number of carboxylic acid groups (broad SMARTS) is 1. The summed E-state index contributed by atoms with van der Waals surface area (Å²) in [6.07, 6.45) is 2.18. The van der Waals surface area contributed by atoms with Gasteiger partial charge in [0.1, 0.15) is 0 Å². The van der Waals surface area contributed by atoms with E-state index in [-0.39, 0.29) is 5.69 Å². The van der Waals surface area contributed by atoms with E-state index in [2.05, 4.69) is 10.4 Å². The van der Waals surface area contributed by atoms with Gasteiger partial charge in [0.15, 0.2) is 5.69 Å². The number of aromatic carboxylic acids is 1. The minimum atomic E-state index is -0.958. The van der Waals surface area contributed by atoms with Crippen molar-refractivity contribution in [3.63, 3.8) is 0 Å². The van der Waals surface area contributed by atoms with Gasteiger partial charge in [-0.3, -0.25) is 4.68 Å². The van der Waals surface area contributed by atoms with Crippen LogP contribution in [-0.4, -0.2) is 33.9 Å². The molecule has 0 radical (unpaired) electrons. The second kappa shape index (κ2) is 4.02. The van der Waals surface area contributed by atoms with E-state index < -0.39 is 5.97 Å². The fraction of sp³-hybridized carbons (Fsp3) is 0.600. The number of aromatic nitrogens is 2. The first-order chi connectivity index (χ1) is 7.18. The van der Waals surface area contributed by atoms with Crippen LogP contribution in [0.2, 0.25) is 0 Å². The smallest absolute Gasteiger partial charge is 0.356 e. The highest BCUT2D eigenvalue weighted by atomic mass is 16.4. The van der Waals surface area contributed by atoms with Crippen LogP contribution in [0.5, 0.6) is 0 Å². The minimum Gasteiger partial charge on any atom is -0.476 e. The van der Waals surface area contributed by atoms with Gasteiger partial charge in [0, 0.05) is 12.2 Å². The third kappa shape index (κ3) is 2.02. The van der Waals surface area contributed by atoms with Gasteiger partial charge in [0.2, 0.25) is 0 Å². The van der Waals surface area contributed by atoms with Crippen LogP contribution in [0.15, 0.2) is 6.07 Å². The Balaban J connectivity index is 2.22. The molecule has 5 nitrogen and oxygen atoms in total. The largest absolute Gasteiger partial charge is 0.476 e. The van der Waals surface area contributed by atoms with E-state index in [9.17, 15) is 4.79 Å². The van der Waals surface area contributed by atoms with Crippen LogP contribution in [0, 0.1) is 6.92 Å². The van der Waals surface area contributed by atoms with Gasteiger partial charge in [-0.1, -0.05) is 0 Å². The predicted molar refractivity (Wildman–Crippen MR) is 55.1 cm³/mol. The number of nitrogens with one attached hydrogen (secondary N) is 1. The summed E-state index contributed by atoms with van der Waals surface area (Å²) in [7, 11) is 0. The number of nitrogens with zero attached hydrogens (tertiary/aromatic N) is 2. The molecular formula is C10H15N3O2. The third-order valence-corrected chi connectivity index (χ3v) is 2.76. The zero-order chi connectivity index (χ0) is 10.8. The maximum Gasteiger partial charge on any atom is 0.356 e. The molecular weight excluding hydrogens is 194 g/mol. The normalized spacial score (nSPS) is 21.5. The maximum atomic E-state index is 10.8. The summed E-state index contributed by atoms with van der Waals surface area (Å²) in [5.41, 5.74) is 1.05. The first-order valence-corrected chi connectivity index (χ1v) is 5.18. The first-order valence-electron chi connectivity index (χ1n) is 5.18. The fourth-order valence-corrected chi connectivity index (χ4v) is 2.00. The number of carbonyl (C=O) groups is 1. The molecule has 82 valence electrons. The summed E-state index contributed by atoms with van der Waals surface area (Å²) >= 11 is 0. The topological polar surface area (TPSA) is 67.1 Å². The van der Waals surface area contributed by atoms with Crippen LogP contribution in [0.1, 0.15) is 35.1 Å². The van der Waals surface area contributed by atoms with E-state index in [0.29, 0.717) is 6.04 Å². The van der Waals surface area contributed by atoms with Crippen molar-refractivity contribution < 1.29 is 9.90 Å². The summed E-state index contributed by atoms with van der Waals surface area (Å²) in [5.74, 6) is -0.958. The Kier molecular flexibility index (Phi) is 2.73. The van der Waals surface area contributed by atoms with Gasteiger partial charge in [-0.2, -0.15) is 5.10 Å². The Bertz CT molecular complexity index is 367. The SMILES string of the molecule is Cc1cc(C(=O)O)nn1[C@H]1CCCNC1. The molecule has 1 fully saturated rings. The molecule has 0 unspecified atom stereocenters. The number of rotatable bonds is 2. The van der Waals surface area contributed by atoms with E-state index in [1.54, 1.807) is 6.07 Å². The van der Waals surface area contributed by atoms with Crippen molar-refractivity contribution in [1.29, 1.82) is 0 Å². The Labute approximate surface area is 88.1 Å². The van der Waals surface area contributed by atoms with Crippen molar-refractivity contribution >= 4 is 5.97 Å². The third-order valence-electron chi connectivity index (χ3n) is 2.76. The van der Waals surface area contributed by atoms with Gasteiger partial charge in [-0.15, -0.1) is 0 Å². The molecule has 0 spiro atoms. The van der Waals surface area contributed by atoms with Gasteiger partial charge >= 0.3 is 5.97 Å². The van der Waals surface area contributed by atoms with E-state index in [0.717, 1.165) is 31.6 Å². The molecule has 1 saturated heterocycles. The van der Waals surface area contributed by atoms with Crippen LogP contribution < -0.4 is 5.32 Å². The standard InChI is InChI=1S/C10H15N3O2/c1-7-5-9(10(14)15)12-13(7)8-3-2-4-11-6-8/h5,8,11H,2-4,6H2,1H3,(H,14,15)/t8-/m0/s1. The van der Waals surface area contributed by atoms with E-state index in [1.807, 2.05) is 11.6 Å². The van der Waals surface area contributed by atoms with Crippen molar-refractivity contribution in [3.05, 3.63) is 17.5 Å². The highest BCUT2D eigenvalue weighted by molar-refractivity contribution is 5.85. The monoisotopic (exact) mass is 209 g/mol. The second-order valence-corrected chi connectivity index (χ2v) is 3.92. The van der Waals surface area contributed by atoms with Crippen molar-refractivity contribution in [3.8, 4) is 0 Å². The molecule has 1 aliphatic rings. The van der Waals surface area contributed by atoms with Crippen LogP contribution in [0.4, 0.5) is 0 Å². The van der Waals surface area contributed by atoms with Gasteiger partial charge in [0.25, 0.3) is 0 Å². The molecule has 1 atom stereocenters. The number of hydrogen-bond acceptors (Lipinski definition) is 3. The van der Waals surface area contributed by atoms with Crippen LogP contribution in [0.25, 0.3) is 0 Å². The number of carboxylic acids is 1. The maximum absolute atomic E-state index is 10.8. The summed E-state index contributed by atoms with van der Waals surface area (Å²) in [5, 5.41) is 16.2. The molecule has 0 saturated carbocycles. The average molecular weight is 209 g/mol. The highest BCUT2D eigenvalue weighted by Crippen LogP contribution is 2.18. The molecule has 5 heteroatoms. The van der Waals surface area contributed by atoms with Gasteiger partial charge in [0.05, 0.1) is 6.04 Å². The summed E-state index contributed by atoms with van der Waals surface area (Å²) in [4.78, 5) is 10.8. The highest BCUT2D eigenvalue weighted by Gasteiger charge is 2.19. The minimum absolute atomic E-state index is 0.137. The second-order valence-electron chi connectivity index (χ2n) is 3.92. The molecule has 0 aliphatic carbocycles. The molecule has 0 amide bonds. The lowest BCUT2D eigenvalue weighted by Crippen LogP contribution is -2.32. The zero-order valence-electron chi connectivity index (χ0n) is 8.73. The first kappa shape index (κ1) is 10.2. The lowest BCUT2D eigenvalue weighted by molar-refractivity contribution is 0.0689. The van der Waals surface area contributed by atoms with Crippen LogP contribution in [0.3, 0.4) is 0 Å². The molecule has 2 heterocycles. The van der Waals surface area contributed by atoms with Crippen molar-refractivity contribution in [2.75, 3.05) is 13.1 Å². The summed E-state index contributed by atoms with van der Waals surface area (Å²) in [6, 6.07) is 1.92. The van der Waals surface area contributed by atoms with Crippen molar-refractivity contribution in [2.24, 2.45) is 0 Å². The molecule has 1 aromatic heterocycles. The number of piperidine rings is 1. The molecule has 1 aromatic rings. The molecule has 2 rings (SSSR count). The lowest BCUT2D eigenvalue weighted by Gasteiger charge is -2.24. The molecule has 1 aliphatic heterocycles. The van der Waals surface area contributed by atoms with Gasteiger partial charge in [-0.25, -0.2) is 4.79 Å². The predicted octanol–water partition coefficient (Wildman–Crippen LogP) is 0.814. The average Bonchev–Trinajstić information content (AvgIpc) is 2.62. The van der Waals surface area contributed by atoms with Gasteiger partial charge < -0.3 is 10.4 Å². The van der Waals surface area contributed by atoms with E-state index in [1.165, 1.54) is 0 Å². The van der Waals surface area contributed by atoms with Crippen LogP contribution >= 0.6 is 0 Å². The quantitative estimate of drug-likeness (QED) is 0.756. The Morgan fingerprint density at radius 2 is 2.53 bits per heavy atom. The zero-order valence-corrected chi connectivity index (χ0v) is 8.73. The molecule has 2 N–H and O–H groups in total. The molecule has 0 bridgehead atoms. The lowest BCUT2D eigenvalue weighted by atomic mass is 10.1. The molecule has 15 heavy (non-hydrogen) atoms. The van der Waals surface area contributed by atoms with Crippen molar-refractivity contribution in [2.45, 2.75) is 25.8 Å². The Morgan fingerprint density at radius 3 is 3.07 bits per heavy atom. The fourth-order valence-electron chi connectivity index (χ4n) is 2.00. The Hall–Kier alpha value is -1.36.